The van der Waals surface area contributed by atoms with Gasteiger partial charge in [-0.2, -0.15) is 0 Å². The van der Waals surface area contributed by atoms with Crippen molar-refractivity contribution in [1.82, 2.24) is 5.32 Å². The summed E-state index contributed by atoms with van der Waals surface area (Å²) in [4.78, 5) is 22.7. The zero-order valence-corrected chi connectivity index (χ0v) is 14.0. The van der Waals surface area contributed by atoms with Gasteiger partial charge in [0.05, 0.1) is 0 Å². The number of amides is 1. The molecule has 0 aromatic rings. The van der Waals surface area contributed by atoms with E-state index in [4.69, 9.17) is 5.11 Å². The first-order chi connectivity index (χ1) is 9.99. The van der Waals surface area contributed by atoms with E-state index in [2.05, 4.69) is 12.2 Å². The summed E-state index contributed by atoms with van der Waals surface area (Å²) in [5.41, 5.74) is 0. The van der Waals surface area contributed by atoms with Crippen molar-refractivity contribution in [2.75, 3.05) is 0 Å². The van der Waals surface area contributed by atoms with E-state index in [0.29, 0.717) is 6.42 Å². The Balaban J connectivity index is 0. The molecule has 0 rings (SSSR count). The van der Waals surface area contributed by atoms with Crippen LogP contribution in [0.5, 0.6) is 0 Å². The van der Waals surface area contributed by atoms with E-state index >= 15 is 0 Å². The topological polar surface area (TPSA) is 66.4 Å². The quantitative estimate of drug-likeness (QED) is 0.399. The second kappa shape index (κ2) is 16.4. The zero-order valence-electron chi connectivity index (χ0n) is 14.0. The van der Waals surface area contributed by atoms with E-state index in [1.54, 1.807) is 13.8 Å². The number of hydrogen-bond acceptors (Lipinski definition) is 2. The van der Waals surface area contributed by atoms with Crippen LogP contribution in [0.2, 0.25) is 0 Å². The number of aliphatic carboxylic acids is 1. The van der Waals surface area contributed by atoms with Crippen LogP contribution in [0.3, 0.4) is 0 Å². The molecule has 0 aromatic heterocycles. The van der Waals surface area contributed by atoms with Crippen LogP contribution in [0.1, 0.15) is 85.0 Å². The number of carboxylic acid groups (broad SMARTS) is 1. The van der Waals surface area contributed by atoms with Gasteiger partial charge in [-0.25, -0.2) is 4.79 Å². The van der Waals surface area contributed by atoms with E-state index in [-0.39, 0.29) is 63.2 Å². The molecule has 0 saturated heterocycles. The standard InChI is InChI=1S/C17H33NO3.K.H/c1-4-5-6-7-8-9-10-11-12-13-15(19)18-16(14(2)3)17(20)21;;/h14,16H,4-13H2,1-3H3,(H,18,19)(H,20,21);;/t16-;;/m0../s1. The van der Waals surface area contributed by atoms with Crippen molar-refractivity contribution in [2.24, 2.45) is 5.92 Å². The number of nitrogens with one attached hydrogen (secondary N) is 1. The van der Waals surface area contributed by atoms with Gasteiger partial charge < -0.3 is 10.4 Å². The fourth-order valence-electron chi connectivity index (χ4n) is 2.36. The summed E-state index contributed by atoms with van der Waals surface area (Å²) in [6.45, 7) is 5.83. The summed E-state index contributed by atoms with van der Waals surface area (Å²) in [6, 6.07) is -0.768. The number of carbonyl (C=O) groups excluding carboxylic acids is 1. The molecule has 1 amide bonds. The van der Waals surface area contributed by atoms with Gasteiger partial charge in [0.25, 0.3) is 0 Å². The molecule has 0 spiro atoms. The Morgan fingerprint density at radius 2 is 1.36 bits per heavy atom. The van der Waals surface area contributed by atoms with Gasteiger partial charge in [0.2, 0.25) is 5.91 Å². The summed E-state index contributed by atoms with van der Waals surface area (Å²) in [5, 5.41) is 11.6. The number of rotatable bonds is 13. The molecule has 0 aromatic carbocycles. The molecule has 0 aliphatic heterocycles. The molecule has 0 saturated carbocycles. The van der Waals surface area contributed by atoms with E-state index < -0.39 is 12.0 Å². The maximum absolute atomic E-state index is 11.7. The fraction of sp³-hybridized carbons (Fsp3) is 0.882. The van der Waals surface area contributed by atoms with Crippen molar-refractivity contribution in [3.63, 3.8) is 0 Å². The Labute approximate surface area is 178 Å². The third-order valence-electron chi connectivity index (χ3n) is 3.76. The van der Waals surface area contributed by atoms with Gasteiger partial charge in [0.15, 0.2) is 0 Å². The van der Waals surface area contributed by atoms with Gasteiger partial charge in [0, 0.05) is 6.42 Å². The third kappa shape index (κ3) is 14.2. The third-order valence-corrected chi connectivity index (χ3v) is 3.76. The Kier molecular flexibility index (Phi) is 18.5. The monoisotopic (exact) mass is 339 g/mol. The van der Waals surface area contributed by atoms with Crippen LogP contribution >= 0.6 is 0 Å². The summed E-state index contributed by atoms with van der Waals surface area (Å²) >= 11 is 0. The van der Waals surface area contributed by atoms with E-state index in [1.165, 1.54) is 44.9 Å². The summed E-state index contributed by atoms with van der Waals surface area (Å²) < 4.78 is 0. The molecule has 0 aliphatic rings. The molecular weight excluding hydrogens is 305 g/mol. The Bertz CT molecular complexity index is 296. The average Bonchev–Trinajstić information content (AvgIpc) is 2.42. The Hall–Kier alpha value is 0.576. The van der Waals surface area contributed by atoms with Crippen LogP contribution in [0.15, 0.2) is 0 Å². The predicted molar refractivity (Wildman–Crippen MR) is 93.4 cm³/mol. The minimum absolute atomic E-state index is 0. The minimum atomic E-state index is -0.953. The van der Waals surface area contributed by atoms with Crippen LogP contribution in [0.25, 0.3) is 0 Å². The van der Waals surface area contributed by atoms with Crippen LogP contribution < -0.4 is 5.32 Å². The molecule has 0 aliphatic carbocycles. The summed E-state index contributed by atoms with van der Waals surface area (Å²) in [5.74, 6) is -1.18. The molecule has 2 N–H and O–H groups in total. The van der Waals surface area contributed by atoms with E-state index in [0.717, 1.165) is 12.8 Å². The second-order valence-corrected chi connectivity index (χ2v) is 6.21. The molecule has 1 atom stereocenters. The SMILES string of the molecule is CCCCCCCCCCCC(=O)N[C@H](C(=O)O)C(C)C.[KH]. The average molecular weight is 340 g/mol. The Morgan fingerprint density at radius 1 is 0.909 bits per heavy atom. The van der Waals surface area contributed by atoms with Gasteiger partial charge in [-0.05, 0) is 12.3 Å². The fourth-order valence-corrected chi connectivity index (χ4v) is 2.36. The van der Waals surface area contributed by atoms with Crippen molar-refractivity contribution < 1.29 is 14.7 Å². The van der Waals surface area contributed by atoms with Crippen molar-refractivity contribution in [3.8, 4) is 0 Å². The van der Waals surface area contributed by atoms with Gasteiger partial charge >= 0.3 is 57.4 Å². The molecule has 126 valence electrons. The van der Waals surface area contributed by atoms with Crippen LogP contribution in [-0.4, -0.2) is 74.4 Å². The molecule has 5 heteroatoms. The number of carbonyl (C=O) groups is 2. The van der Waals surface area contributed by atoms with Gasteiger partial charge in [-0.15, -0.1) is 0 Å². The number of unbranched alkanes of at least 4 members (excludes halogenated alkanes) is 8. The molecule has 0 fully saturated rings. The molecule has 0 radical (unpaired) electrons. The summed E-state index contributed by atoms with van der Waals surface area (Å²) in [6.07, 6.45) is 11.3. The van der Waals surface area contributed by atoms with E-state index in [9.17, 15) is 9.59 Å². The second-order valence-electron chi connectivity index (χ2n) is 6.21. The molecule has 4 nitrogen and oxygen atoms in total. The van der Waals surface area contributed by atoms with E-state index in [1.807, 2.05) is 0 Å². The van der Waals surface area contributed by atoms with Crippen LogP contribution in [0.4, 0.5) is 0 Å². The predicted octanol–water partition coefficient (Wildman–Crippen LogP) is 3.48. The zero-order chi connectivity index (χ0) is 16.1. The van der Waals surface area contributed by atoms with Crippen molar-refractivity contribution in [1.29, 1.82) is 0 Å². The number of carboxylic acids is 1. The molecule has 0 unspecified atom stereocenters. The number of hydrogen-bond donors (Lipinski definition) is 2. The van der Waals surface area contributed by atoms with Gasteiger partial charge in [0.1, 0.15) is 6.04 Å². The molecule has 0 bridgehead atoms. The molecule has 0 heterocycles. The first-order valence-electron chi connectivity index (χ1n) is 8.51. The van der Waals surface area contributed by atoms with Crippen molar-refractivity contribution in [2.45, 2.75) is 91.0 Å². The molecular formula is C17H34KNO3. The first kappa shape index (κ1) is 24.8. The summed E-state index contributed by atoms with van der Waals surface area (Å²) in [7, 11) is 0. The van der Waals surface area contributed by atoms with Crippen LogP contribution in [0, 0.1) is 5.92 Å². The first-order valence-corrected chi connectivity index (χ1v) is 8.51. The van der Waals surface area contributed by atoms with Crippen molar-refractivity contribution in [3.05, 3.63) is 0 Å². The van der Waals surface area contributed by atoms with Crippen LogP contribution in [-0.2, 0) is 9.59 Å². The van der Waals surface area contributed by atoms with Gasteiger partial charge in [-0.1, -0.05) is 72.1 Å². The normalized spacial score (nSPS) is 11.8. The Morgan fingerprint density at radius 3 is 1.77 bits per heavy atom. The van der Waals surface area contributed by atoms with Gasteiger partial charge in [-0.3, -0.25) is 4.79 Å². The molecule has 22 heavy (non-hydrogen) atoms. The van der Waals surface area contributed by atoms with Crippen molar-refractivity contribution >= 4 is 63.3 Å². The maximum atomic E-state index is 11.7.